The third kappa shape index (κ3) is 6.89. The topological polar surface area (TPSA) is 49.8 Å². The number of aromatic carboxylic acids is 1. The fourth-order valence-corrected chi connectivity index (χ4v) is 2.34. The van der Waals surface area contributed by atoms with Crippen LogP contribution in [0.5, 0.6) is 0 Å². The standard InChI is InChI=1S/C15H17NO.C7H6O2/c1-17-16(12-14-8-4-2-5-9-14)13-15-10-6-3-7-11-15;8-7(9)6-4-2-1-3-5-6/h2-11H,12-13H2,1H3;1-5H,(H,8,9). The summed E-state index contributed by atoms with van der Waals surface area (Å²) in [7, 11) is 1.71. The van der Waals surface area contributed by atoms with Gasteiger partial charge in [0.1, 0.15) is 0 Å². The van der Waals surface area contributed by atoms with Crippen LogP contribution in [0.15, 0.2) is 91.0 Å². The van der Waals surface area contributed by atoms with Crippen molar-refractivity contribution in [1.82, 2.24) is 5.06 Å². The van der Waals surface area contributed by atoms with Crippen molar-refractivity contribution < 1.29 is 14.7 Å². The molecule has 4 heteroatoms. The van der Waals surface area contributed by atoms with Crippen molar-refractivity contribution in [3.8, 4) is 0 Å². The molecule has 0 saturated heterocycles. The van der Waals surface area contributed by atoms with E-state index in [0.717, 1.165) is 13.1 Å². The smallest absolute Gasteiger partial charge is 0.335 e. The molecular formula is C22H23NO3. The number of hydrogen-bond donors (Lipinski definition) is 1. The number of nitrogens with zero attached hydrogens (tertiary/aromatic N) is 1. The lowest BCUT2D eigenvalue weighted by molar-refractivity contribution is -0.146. The number of carboxylic acid groups (broad SMARTS) is 1. The summed E-state index contributed by atoms with van der Waals surface area (Å²) < 4.78 is 0. The molecule has 4 nitrogen and oxygen atoms in total. The maximum absolute atomic E-state index is 10.2. The molecule has 0 amide bonds. The Balaban J connectivity index is 0.000000228. The number of carbonyl (C=O) groups is 1. The van der Waals surface area contributed by atoms with E-state index >= 15 is 0 Å². The van der Waals surface area contributed by atoms with E-state index in [1.54, 1.807) is 37.4 Å². The second-order valence-corrected chi connectivity index (χ2v) is 5.62. The van der Waals surface area contributed by atoms with Gasteiger partial charge in [-0.05, 0) is 23.3 Å². The molecule has 134 valence electrons. The maximum Gasteiger partial charge on any atom is 0.335 e. The Morgan fingerprint density at radius 2 is 1.15 bits per heavy atom. The molecule has 0 unspecified atom stereocenters. The highest BCUT2D eigenvalue weighted by Crippen LogP contribution is 2.09. The van der Waals surface area contributed by atoms with Crippen LogP contribution >= 0.6 is 0 Å². The Labute approximate surface area is 154 Å². The largest absolute Gasteiger partial charge is 0.478 e. The molecule has 0 aliphatic heterocycles. The van der Waals surface area contributed by atoms with Gasteiger partial charge in [0.05, 0.1) is 12.7 Å². The monoisotopic (exact) mass is 349 g/mol. The van der Waals surface area contributed by atoms with Crippen LogP contribution in [0.4, 0.5) is 0 Å². The fraction of sp³-hybridized carbons (Fsp3) is 0.136. The fourth-order valence-electron chi connectivity index (χ4n) is 2.34. The van der Waals surface area contributed by atoms with Gasteiger partial charge in [-0.3, -0.25) is 0 Å². The summed E-state index contributed by atoms with van der Waals surface area (Å²) in [6, 6.07) is 29.0. The van der Waals surface area contributed by atoms with E-state index < -0.39 is 5.97 Å². The van der Waals surface area contributed by atoms with Gasteiger partial charge < -0.3 is 9.94 Å². The molecule has 0 aromatic heterocycles. The first-order valence-electron chi connectivity index (χ1n) is 8.34. The van der Waals surface area contributed by atoms with Crippen molar-refractivity contribution in [2.75, 3.05) is 7.11 Å². The number of hydrogen-bond acceptors (Lipinski definition) is 3. The van der Waals surface area contributed by atoms with E-state index in [1.807, 2.05) is 41.5 Å². The zero-order valence-electron chi connectivity index (χ0n) is 14.8. The van der Waals surface area contributed by atoms with Crippen LogP contribution < -0.4 is 0 Å². The molecule has 26 heavy (non-hydrogen) atoms. The third-order valence-electron chi connectivity index (χ3n) is 3.68. The molecule has 1 N–H and O–H groups in total. The van der Waals surface area contributed by atoms with Gasteiger partial charge in [0.25, 0.3) is 0 Å². The molecule has 0 aliphatic carbocycles. The summed E-state index contributed by atoms with van der Waals surface area (Å²) in [5.41, 5.74) is 2.84. The first-order valence-corrected chi connectivity index (χ1v) is 8.34. The van der Waals surface area contributed by atoms with E-state index in [4.69, 9.17) is 9.94 Å². The molecule has 0 radical (unpaired) electrons. The zero-order valence-corrected chi connectivity index (χ0v) is 14.8. The van der Waals surface area contributed by atoms with E-state index in [-0.39, 0.29) is 0 Å². The Hall–Kier alpha value is -2.95. The van der Waals surface area contributed by atoms with Crippen molar-refractivity contribution >= 4 is 5.97 Å². The van der Waals surface area contributed by atoms with Crippen LogP contribution in [-0.2, 0) is 17.9 Å². The summed E-state index contributed by atoms with van der Waals surface area (Å²) in [6.45, 7) is 1.60. The lowest BCUT2D eigenvalue weighted by atomic mass is 10.2. The molecule has 0 heterocycles. The van der Waals surface area contributed by atoms with Gasteiger partial charge in [0, 0.05) is 13.1 Å². The van der Waals surface area contributed by atoms with Crippen molar-refractivity contribution in [2.45, 2.75) is 13.1 Å². The first kappa shape index (κ1) is 19.4. The van der Waals surface area contributed by atoms with Gasteiger partial charge in [0.2, 0.25) is 0 Å². The Morgan fingerprint density at radius 1 is 0.769 bits per heavy atom. The minimum atomic E-state index is -0.879. The highest BCUT2D eigenvalue weighted by Gasteiger charge is 2.05. The van der Waals surface area contributed by atoms with Crippen LogP contribution in [0.3, 0.4) is 0 Å². The summed E-state index contributed by atoms with van der Waals surface area (Å²) in [5.74, 6) is -0.879. The van der Waals surface area contributed by atoms with E-state index in [1.165, 1.54) is 11.1 Å². The first-order chi connectivity index (χ1) is 12.7. The van der Waals surface area contributed by atoms with Crippen LogP contribution in [-0.4, -0.2) is 23.2 Å². The second kappa shape index (κ2) is 10.8. The predicted octanol–water partition coefficient (Wildman–Crippen LogP) is 4.64. The quantitative estimate of drug-likeness (QED) is 0.659. The Kier molecular flexibility index (Phi) is 8.06. The van der Waals surface area contributed by atoms with Crippen LogP contribution in [0.2, 0.25) is 0 Å². The molecule has 0 spiro atoms. The van der Waals surface area contributed by atoms with Crippen LogP contribution in [0.1, 0.15) is 21.5 Å². The van der Waals surface area contributed by atoms with E-state index in [2.05, 4.69) is 24.3 Å². The number of benzene rings is 3. The van der Waals surface area contributed by atoms with Gasteiger partial charge in [-0.25, -0.2) is 4.79 Å². The average Bonchev–Trinajstić information content (AvgIpc) is 2.70. The molecule has 0 aliphatic rings. The van der Waals surface area contributed by atoms with Crippen LogP contribution in [0.25, 0.3) is 0 Å². The van der Waals surface area contributed by atoms with Gasteiger partial charge in [-0.2, -0.15) is 5.06 Å². The Bertz CT molecular complexity index is 720. The molecule has 3 rings (SSSR count). The lowest BCUT2D eigenvalue weighted by Gasteiger charge is -2.19. The lowest BCUT2D eigenvalue weighted by Crippen LogP contribution is -2.21. The minimum Gasteiger partial charge on any atom is -0.478 e. The SMILES string of the molecule is CON(Cc1ccccc1)Cc1ccccc1.O=C(O)c1ccccc1. The van der Waals surface area contributed by atoms with Gasteiger partial charge >= 0.3 is 5.97 Å². The van der Waals surface area contributed by atoms with Crippen molar-refractivity contribution in [3.05, 3.63) is 108 Å². The number of rotatable bonds is 6. The van der Waals surface area contributed by atoms with Crippen molar-refractivity contribution in [3.63, 3.8) is 0 Å². The van der Waals surface area contributed by atoms with Crippen molar-refractivity contribution in [2.24, 2.45) is 0 Å². The molecule has 0 atom stereocenters. The molecule has 0 fully saturated rings. The third-order valence-corrected chi connectivity index (χ3v) is 3.68. The molecule has 0 bridgehead atoms. The summed E-state index contributed by atoms with van der Waals surface area (Å²) in [6.07, 6.45) is 0. The summed E-state index contributed by atoms with van der Waals surface area (Å²) in [5, 5.41) is 10.3. The van der Waals surface area contributed by atoms with Crippen molar-refractivity contribution in [1.29, 1.82) is 0 Å². The number of hydroxylamine groups is 2. The van der Waals surface area contributed by atoms with Crippen LogP contribution in [0, 0.1) is 0 Å². The predicted molar refractivity (Wildman–Crippen MR) is 103 cm³/mol. The molecular weight excluding hydrogens is 326 g/mol. The second-order valence-electron chi connectivity index (χ2n) is 5.62. The average molecular weight is 349 g/mol. The normalized spacial score (nSPS) is 10.1. The Morgan fingerprint density at radius 3 is 1.46 bits per heavy atom. The van der Waals surface area contributed by atoms with E-state index in [9.17, 15) is 4.79 Å². The summed E-state index contributed by atoms with van der Waals surface area (Å²) >= 11 is 0. The van der Waals surface area contributed by atoms with Gasteiger partial charge in [-0.1, -0.05) is 78.9 Å². The molecule has 3 aromatic rings. The van der Waals surface area contributed by atoms with E-state index in [0.29, 0.717) is 5.56 Å². The minimum absolute atomic E-state index is 0.331. The summed E-state index contributed by atoms with van der Waals surface area (Å²) in [4.78, 5) is 15.6. The maximum atomic E-state index is 10.2. The molecule has 0 saturated carbocycles. The molecule has 3 aromatic carbocycles. The zero-order chi connectivity index (χ0) is 18.6. The van der Waals surface area contributed by atoms with Gasteiger partial charge in [-0.15, -0.1) is 0 Å². The highest BCUT2D eigenvalue weighted by atomic mass is 16.7. The highest BCUT2D eigenvalue weighted by molar-refractivity contribution is 5.87. The van der Waals surface area contributed by atoms with Gasteiger partial charge in [0.15, 0.2) is 0 Å². The number of carboxylic acids is 1.